The number of alkyl halides is 2. The van der Waals surface area contributed by atoms with Crippen LogP contribution in [-0.4, -0.2) is 150 Å². The number of likely N-dealkylation sites (tertiary alicyclic amines) is 1. The van der Waals surface area contributed by atoms with Crippen LogP contribution in [0.2, 0.25) is 0 Å². The van der Waals surface area contributed by atoms with Crippen molar-refractivity contribution in [1.29, 1.82) is 0 Å². The molecule has 43 heavy (non-hydrogen) atoms. The zero-order chi connectivity index (χ0) is 30.3. The Bertz CT molecular complexity index is 1040. The number of carbonyl (C=O) groups excluding carboxylic acids is 3. The average Bonchev–Trinajstić information content (AvgIpc) is 3.52. The van der Waals surface area contributed by atoms with E-state index in [0.717, 1.165) is 0 Å². The summed E-state index contributed by atoms with van der Waals surface area (Å²) in [6, 6.07) is -1.15. The molecule has 0 unspecified atom stereocenters. The van der Waals surface area contributed by atoms with E-state index >= 15 is 0 Å². The standard InChI is InChI=1S/C29H44F2N4O8/c30-29(31)5-1-19(2-6-29)35-13-18-11-21(35)28(40)33-7-10-42-20(14-33)15-34(27(39)17-3-8-41-9-4-17)16-23-26(38)25(37)22(43-23)12-24(36)32-18/h17-23,25-26,37-38H,1-16H2,(H,32,36)/t18-,20-,21-,22-,23+,25-,26+/m0/s1. The Kier molecular flexibility index (Phi) is 9.23. The van der Waals surface area contributed by atoms with E-state index in [1.165, 1.54) is 0 Å². The van der Waals surface area contributed by atoms with Crippen molar-refractivity contribution in [2.45, 2.75) is 106 Å². The maximum atomic E-state index is 14.0. The van der Waals surface area contributed by atoms with Gasteiger partial charge < -0.3 is 39.5 Å². The predicted molar refractivity (Wildman–Crippen MR) is 146 cm³/mol. The SMILES string of the molecule is O=C1C[C@@H]2O[C@H](CN(C(=O)C3CCOCC3)C[C@@H]3CN(CCO3)C(=O)[C@@H]3C[C@@H](CN3C3CCC(F)(F)CC3)N1)[C@@H](O)[C@H]2O. The molecule has 0 aromatic heterocycles. The van der Waals surface area contributed by atoms with Gasteiger partial charge in [-0.2, -0.15) is 0 Å². The van der Waals surface area contributed by atoms with E-state index in [4.69, 9.17) is 14.2 Å². The van der Waals surface area contributed by atoms with E-state index in [1.54, 1.807) is 9.80 Å². The number of rotatable bonds is 2. The van der Waals surface area contributed by atoms with Crippen LogP contribution in [0, 0.1) is 5.92 Å². The minimum absolute atomic E-state index is 0.00564. The number of nitrogens with one attached hydrogen (secondary N) is 1. The molecule has 14 heteroatoms. The van der Waals surface area contributed by atoms with Crippen molar-refractivity contribution in [2.24, 2.45) is 5.92 Å². The van der Waals surface area contributed by atoms with Gasteiger partial charge in [0.05, 0.1) is 31.3 Å². The van der Waals surface area contributed by atoms with Crippen molar-refractivity contribution in [2.75, 3.05) is 52.5 Å². The molecule has 6 bridgehead atoms. The monoisotopic (exact) mass is 614 g/mol. The Labute approximate surface area is 249 Å². The molecule has 6 aliphatic rings. The lowest BCUT2D eigenvalue weighted by Gasteiger charge is -2.41. The highest BCUT2D eigenvalue weighted by Crippen LogP contribution is 2.38. The molecule has 0 aromatic carbocycles. The van der Waals surface area contributed by atoms with Gasteiger partial charge in [-0.3, -0.25) is 19.3 Å². The summed E-state index contributed by atoms with van der Waals surface area (Å²) < 4.78 is 45.4. The van der Waals surface area contributed by atoms with Crippen LogP contribution in [-0.2, 0) is 28.6 Å². The quantitative estimate of drug-likeness (QED) is 0.376. The maximum Gasteiger partial charge on any atom is 0.248 e. The predicted octanol–water partition coefficient (Wildman–Crippen LogP) is -0.501. The second-order valence-corrected chi connectivity index (χ2v) is 13.1. The molecule has 0 spiro atoms. The van der Waals surface area contributed by atoms with Crippen LogP contribution < -0.4 is 5.32 Å². The topological polar surface area (TPSA) is 141 Å². The normalized spacial score (nSPS) is 38.7. The number of amides is 3. The fourth-order valence-corrected chi connectivity index (χ4v) is 7.74. The fourth-order valence-electron chi connectivity index (χ4n) is 7.74. The Balaban J connectivity index is 1.25. The molecule has 3 N–H and O–H groups in total. The Morgan fingerprint density at radius 3 is 2.40 bits per heavy atom. The highest BCUT2D eigenvalue weighted by atomic mass is 19.3. The highest BCUT2D eigenvalue weighted by molar-refractivity contribution is 5.83. The van der Waals surface area contributed by atoms with Gasteiger partial charge >= 0.3 is 0 Å². The van der Waals surface area contributed by atoms with Crippen LogP contribution in [0.3, 0.4) is 0 Å². The average molecular weight is 615 g/mol. The first-order chi connectivity index (χ1) is 20.6. The molecule has 6 rings (SSSR count). The molecular formula is C29H44F2N4O8. The lowest BCUT2D eigenvalue weighted by molar-refractivity contribution is -0.150. The summed E-state index contributed by atoms with van der Waals surface area (Å²) in [5.41, 5.74) is 0. The third kappa shape index (κ3) is 6.84. The number of ether oxygens (including phenoxy) is 3. The summed E-state index contributed by atoms with van der Waals surface area (Å²) in [6.45, 7) is 2.38. The van der Waals surface area contributed by atoms with Crippen LogP contribution >= 0.6 is 0 Å². The number of nitrogens with zero attached hydrogens (tertiary/aromatic N) is 3. The van der Waals surface area contributed by atoms with Gasteiger partial charge in [0, 0.05) is 76.8 Å². The zero-order valence-electron chi connectivity index (χ0n) is 24.5. The molecule has 3 amide bonds. The van der Waals surface area contributed by atoms with Crippen LogP contribution in [0.25, 0.3) is 0 Å². The Morgan fingerprint density at radius 1 is 0.930 bits per heavy atom. The van der Waals surface area contributed by atoms with Gasteiger partial charge in [-0.15, -0.1) is 0 Å². The number of aliphatic hydroxyl groups is 2. The van der Waals surface area contributed by atoms with Gasteiger partial charge in [0.15, 0.2) is 0 Å². The number of carbonyl (C=O) groups is 3. The number of hydrogen-bond donors (Lipinski definition) is 3. The molecule has 5 saturated heterocycles. The first kappa shape index (κ1) is 31.0. The van der Waals surface area contributed by atoms with Crippen molar-refractivity contribution < 1.29 is 47.6 Å². The summed E-state index contributed by atoms with van der Waals surface area (Å²) >= 11 is 0. The van der Waals surface area contributed by atoms with E-state index in [9.17, 15) is 33.4 Å². The summed E-state index contributed by atoms with van der Waals surface area (Å²) in [7, 11) is 0. The third-order valence-corrected chi connectivity index (χ3v) is 10.2. The Hall–Kier alpha value is -1.97. The summed E-state index contributed by atoms with van der Waals surface area (Å²) in [5, 5.41) is 24.6. The van der Waals surface area contributed by atoms with Crippen molar-refractivity contribution in [1.82, 2.24) is 20.0 Å². The maximum absolute atomic E-state index is 14.0. The van der Waals surface area contributed by atoms with Crippen LogP contribution in [0.5, 0.6) is 0 Å². The Morgan fingerprint density at radius 2 is 1.65 bits per heavy atom. The largest absolute Gasteiger partial charge is 0.388 e. The van der Waals surface area contributed by atoms with E-state index in [-0.39, 0.29) is 88.2 Å². The summed E-state index contributed by atoms with van der Waals surface area (Å²) in [4.78, 5) is 46.2. The number of hydrogen-bond acceptors (Lipinski definition) is 9. The number of morpholine rings is 1. The molecule has 1 saturated carbocycles. The lowest BCUT2D eigenvalue weighted by atomic mass is 9.90. The third-order valence-electron chi connectivity index (χ3n) is 10.2. The van der Waals surface area contributed by atoms with Gasteiger partial charge in [0.2, 0.25) is 23.6 Å². The summed E-state index contributed by atoms with van der Waals surface area (Å²) in [5.74, 6) is -3.60. The van der Waals surface area contributed by atoms with Crippen molar-refractivity contribution in [3.8, 4) is 0 Å². The second-order valence-electron chi connectivity index (χ2n) is 13.1. The number of aliphatic hydroxyl groups excluding tert-OH is 2. The van der Waals surface area contributed by atoms with Crippen LogP contribution in [0.1, 0.15) is 51.4 Å². The first-order valence-corrected chi connectivity index (χ1v) is 15.8. The molecule has 0 radical (unpaired) electrons. The number of fused-ring (bicyclic) bond motifs is 6. The number of halogens is 2. The molecule has 5 heterocycles. The van der Waals surface area contributed by atoms with Gasteiger partial charge in [0.1, 0.15) is 18.3 Å². The molecule has 6 fully saturated rings. The fraction of sp³-hybridized carbons (Fsp3) is 0.897. The van der Waals surface area contributed by atoms with Crippen LogP contribution in [0.4, 0.5) is 8.78 Å². The smallest absolute Gasteiger partial charge is 0.248 e. The van der Waals surface area contributed by atoms with Gasteiger partial charge in [-0.1, -0.05) is 0 Å². The molecular weight excluding hydrogens is 570 g/mol. The van der Waals surface area contributed by atoms with Gasteiger partial charge in [0.25, 0.3) is 0 Å². The van der Waals surface area contributed by atoms with E-state index in [0.29, 0.717) is 45.6 Å². The van der Waals surface area contributed by atoms with Crippen molar-refractivity contribution >= 4 is 17.7 Å². The summed E-state index contributed by atoms with van der Waals surface area (Å²) in [6.07, 6.45) is -3.61. The molecule has 7 atom stereocenters. The van der Waals surface area contributed by atoms with Crippen LogP contribution in [0.15, 0.2) is 0 Å². The lowest BCUT2D eigenvalue weighted by Crippen LogP contribution is -2.57. The van der Waals surface area contributed by atoms with Crippen molar-refractivity contribution in [3.63, 3.8) is 0 Å². The molecule has 5 aliphatic heterocycles. The second kappa shape index (κ2) is 12.8. The van der Waals surface area contributed by atoms with E-state index in [2.05, 4.69) is 5.32 Å². The molecule has 242 valence electrons. The van der Waals surface area contributed by atoms with Crippen molar-refractivity contribution in [3.05, 3.63) is 0 Å². The van der Waals surface area contributed by atoms with Gasteiger partial charge in [-0.05, 0) is 32.1 Å². The minimum Gasteiger partial charge on any atom is -0.388 e. The first-order valence-electron chi connectivity index (χ1n) is 15.8. The van der Waals surface area contributed by atoms with Gasteiger partial charge in [-0.25, -0.2) is 8.78 Å². The minimum atomic E-state index is -2.70. The molecule has 12 nitrogen and oxygen atoms in total. The van der Waals surface area contributed by atoms with E-state index < -0.39 is 48.4 Å². The van der Waals surface area contributed by atoms with E-state index in [1.807, 2.05) is 4.90 Å². The molecule has 1 aliphatic carbocycles. The highest BCUT2D eigenvalue weighted by Gasteiger charge is 2.48. The molecule has 0 aromatic rings. The zero-order valence-corrected chi connectivity index (χ0v) is 24.5.